The highest BCUT2D eigenvalue weighted by Crippen LogP contribution is 2.24. The van der Waals surface area contributed by atoms with Crippen molar-refractivity contribution < 1.29 is 14.3 Å². The summed E-state index contributed by atoms with van der Waals surface area (Å²) in [4.78, 5) is 19.0. The van der Waals surface area contributed by atoms with E-state index in [1.165, 1.54) is 31.2 Å². The van der Waals surface area contributed by atoms with Gasteiger partial charge in [0.25, 0.3) is 0 Å². The monoisotopic (exact) mass is 438 g/mol. The number of guanidine groups is 1. The van der Waals surface area contributed by atoms with Crippen LogP contribution in [-0.2, 0) is 11.3 Å². The van der Waals surface area contributed by atoms with Gasteiger partial charge in [-0.1, -0.05) is 18.2 Å². The first-order chi connectivity index (χ1) is 15.5. The molecule has 0 aromatic heterocycles. The minimum atomic E-state index is -0.420. The number of aliphatic imine (C=N–C) groups is 1. The number of carbonyl (C=O) groups excluding carboxylic acids is 1. The van der Waals surface area contributed by atoms with Gasteiger partial charge in [-0.05, 0) is 62.1 Å². The Balaban J connectivity index is 1.71. The van der Waals surface area contributed by atoms with Crippen molar-refractivity contribution in [1.82, 2.24) is 10.6 Å². The van der Waals surface area contributed by atoms with E-state index in [1.54, 1.807) is 13.2 Å². The van der Waals surface area contributed by atoms with Gasteiger partial charge >= 0.3 is 5.97 Å². The van der Waals surface area contributed by atoms with Crippen LogP contribution in [0.4, 0.5) is 5.69 Å². The Morgan fingerprint density at radius 2 is 1.94 bits per heavy atom. The van der Waals surface area contributed by atoms with E-state index in [0.717, 1.165) is 31.2 Å². The van der Waals surface area contributed by atoms with Crippen LogP contribution in [0.25, 0.3) is 0 Å². The van der Waals surface area contributed by atoms with Gasteiger partial charge in [-0.15, -0.1) is 0 Å². The Bertz CT molecular complexity index is 939. The van der Waals surface area contributed by atoms with E-state index in [9.17, 15) is 4.79 Å². The molecule has 0 aliphatic carbocycles. The minimum absolute atomic E-state index is 0.103. The molecular formula is C25H34N4O3. The highest BCUT2D eigenvalue weighted by atomic mass is 16.5. The lowest BCUT2D eigenvalue weighted by Crippen LogP contribution is -2.38. The summed E-state index contributed by atoms with van der Waals surface area (Å²) in [5.74, 6) is 0.800. The third-order valence-electron chi connectivity index (χ3n) is 5.63. The van der Waals surface area contributed by atoms with Crippen LogP contribution in [0.5, 0.6) is 5.75 Å². The van der Waals surface area contributed by atoms with E-state index < -0.39 is 5.97 Å². The van der Waals surface area contributed by atoms with Crippen molar-refractivity contribution in [1.29, 1.82) is 0 Å². The van der Waals surface area contributed by atoms with Gasteiger partial charge < -0.3 is 25.0 Å². The molecule has 2 aromatic rings. The van der Waals surface area contributed by atoms with Gasteiger partial charge in [-0.25, -0.2) is 9.79 Å². The van der Waals surface area contributed by atoms with Crippen molar-refractivity contribution in [2.45, 2.75) is 39.3 Å². The summed E-state index contributed by atoms with van der Waals surface area (Å²) in [7, 11) is 2.90. The number of nitrogens with one attached hydrogen (secondary N) is 2. The van der Waals surface area contributed by atoms with E-state index in [4.69, 9.17) is 14.5 Å². The molecule has 7 heteroatoms. The molecule has 1 fully saturated rings. The highest BCUT2D eigenvalue weighted by molar-refractivity contribution is 5.92. The van der Waals surface area contributed by atoms with Crippen LogP contribution in [0.15, 0.2) is 47.5 Å². The average Bonchev–Trinajstić information content (AvgIpc) is 3.37. The number of hydrogen-bond acceptors (Lipinski definition) is 5. The molecule has 1 saturated heterocycles. The molecule has 7 nitrogen and oxygen atoms in total. The van der Waals surface area contributed by atoms with E-state index in [-0.39, 0.29) is 6.04 Å². The van der Waals surface area contributed by atoms with Crippen LogP contribution in [0.3, 0.4) is 0 Å². The lowest BCUT2D eigenvalue weighted by molar-refractivity contribution is 0.0597. The molecule has 1 heterocycles. The number of benzene rings is 2. The lowest BCUT2D eigenvalue weighted by Gasteiger charge is -2.22. The molecule has 3 rings (SSSR count). The first-order valence-corrected chi connectivity index (χ1v) is 11.2. The molecule has 32 heavy (non-hydrogen) atoms. The van der Waals surface area contributed by atoms with Gasteiger partial charge in [0.1, 0.15) is 11.3 Å². The molecule has 1 atom stereocenters. The number of methoxy groups -OCH3 is 2. The molecule has 2 aromatic carbocycles. The Kier molecular flexibility index (Phi) is 8.36. The molecule has 1 aliphatic rings. The third kappa shape index (κ3) is 5.93. The van der Waals surface area contributed by atoms with Crippen molar-refractivity contribution >= 4 is 17.6 Å². The zero-order valence-corrected chi connectivity index (χ0v) is 19.5. The smallest absolute Gasteiger partial charge is 0.341 e. The van der Waals surface area contributed by atoms with Gasteiger partial charge in [0, 0.05) is 25.3 Å². The molecule has 1 unspecified atom stereocenters. The average molecular weight is 439 g/mol. The summed E-state index contributed by atoms with van der Waals surface area (Å²) in [5.41, 5.74) is 3.85. The van der Waals surface area contributed by atoms with Gasteiger partial charge in [0.2, 0.25) is 0 Å². The van der Waals surface area contributed by atoms with Gasteiger partial charge in [-0.2, -0.15) is 0 Å². The number of carbonyl (C=O) groups is 1. The number of rotatable bonds is 8. The minimum Gasteiger partial charge on any atom is -0.496 e. The molecule has 0 spiro atoms. The predicted octanol–water partition coefficient (Wildman–Crippen LogP) is 3.90. The van der Waals surface area contributed by atoms with Crippen LogP contribution in [-0.4, -0.2) is 45.8 Å². The summed E-state index contributed by atoms with van der Waals surface area (Å²) in [6.07, 6.45) is 2.53. The molecular weight excluding hydrogens is 404 g/mol. The first-order valence-electron chi connectivity index (χ1n) is 11.2. The van der Waals surface area contributed by atoms with Gasteiger partial charge in [0.15, 0.2) is 5.96 Å². The van der Waals surface area contributed by atoms with Crippen LogP contribution in [0, 0.1) is 0 Å². The maximum absolute atomic E-state index is 11.9. The van der Waals surface area contributed by atoms with Crippen molar-refractivity contribution in [3.8, 4) is 5.75 Å². The Labute approximate surface area is 190 Å². The summed E-state index contributed by atoms with van der Waals surface area (Å²) >= 11 is 0. The van der Waals surface area contributed by atoms with E-state index in [1.807, 2.05) is 19.1 Å². The topological polar surface area (TPSA) is 75.2 Å². The molecule has 172 valence electrons. The van der Waals surface area contributed by atoms with Crippen LogP contribution < -0.4 is 20.3 Å². The fourth-order valence-corrected chi connectivity index (χ4v) is 3.86. The predicted molar refractivity (Wildman–Crippen MR) is 129 cm³/mol. The maximum Gasteiger partial charge on any atom is 0.341 e. The second kappa shape index (κ2) is 11.4. The second-order valence-electron chi connectivity index (χ2n) is 7.88. The summed E-state index contributed by atoms with van der Waals surface area (Å²) in [6, 6.07) is 14.2. The molecule has 1 aliphatic heterocycles. The first kappa shape index (κ1) is 23.4. The fraction of sp³-hybridized carbons (Fsp3) is 0.440. The van der Waals surface area contributed by atoms with Crippen molar-refractivity contribution in [3.63, 3.8) is 0 Å². The van der Waals surface area contributed by atoms with Crippen molar-refractivity contribution in [3.05, 3.63) is 59.2 Å². The molecule has 0 radical (unpaired) electrons. The Morgan fingerprint density at radius 1 is 1.16 bits per heavy atom. The zero-order chi connectivity index (χ0) is 22.9. The summed E-state index contributed by atoms with van der Waals surface area (Å²) < 4.78 is 10.2. The molecule has 0 saturated carbocycles. The number of nitrogens with zero attached hydrogens (tertiary/aromatic N) is 2. The highest BCUT2D eigenvalue weighted by Gasteiger charge is 2.15. The Morgan fingerprint density at radius 3 is 2.62 bits per heavy atom. The van der Waals surface area contributed by atoms with E-state index >= 15 is 0 Å². The second-order valence-corrected chi connectivity index (χ2v) is 7.88. The Hall–Kier alpha value is -3.22. The van der Waals surface area contributed by atoms with Gasteiger partial charge in [-0.3, -0.25) is 0 Å². The third-order valence-corrected chi connectivity index (χ3v) is 5.63. The van der Waals surface area contributed by atoms with Crippen molar-refractivity contribution in [2.75, 3.05) is 38.8 Å². The maximum atomic E-state index is 11.9. The van der Waals surface area contributed by atoms with Crippen LogP contribution >= 0.6 is 0 Å². The van der Waals surface area contributed by atoms with Crippen LogP contribution in [0.2, 0.25) is 0 Å². The molecule has 0 amide bonds. The largest absolute Gasteiger partial charge is 0.496 e. The SMILES string of the molecule is CCNC(=NCc1ccc(C(=O)OC)c(OC)c1)NC(C)c1cccc(N2CCCC2)c1. The fourth-order valence-electron chi connectivity index (χ4n) is 3.86. The standard InChI is InChI=1S/C25H34N4O3/c1-5-26-25(27-17-19-11-12-22(24(30)32-4)23(15-19)31-3)28-18(2)20-9-8-10-21(16-20)29-13-6-7-14-29/h8-12,15-16,18H,5-7,13-14,17H2,1-4H3,(H2,26,27,28). The molecule has 0 bridgehead atoms. The number of hydrogen-bond donors (Lipinski definition) is 2. The number of anilines is 1. The van der Waals surface area contributed by atoms with Crippen LogP contribution in [0.1, 0.15) is 54.2 Å². The lowest BCUT2D eigenvalue weighted by atomic mass is 10.1. The van der Waals surface area contributed by atoms with E-state index in [0.29, 0.717) is 17.9 Å². The summed E-state index contributed by atoms with van der Waals surface area (Å²) in [5, 5.41) is 6.82. The van der Waals surface area contributed by atoms with Gasteiger partial charge in [0.05, 0.1) is 26.8 Å². The van der Waals surface area contributed by atoms with Crippen molar-refractivity contribution in [2.24, 2.45) is 4.99 Å². The number of ether oxygens (including phenoxy) is 2. The normalized spacial score (nSPS) is 14.8. The van der Waals surface area contributed by atoms with E-state index in [2.05, 4.69) is 46.7 Å². The number of esters is 1. The zero-order valence-electron chi connectivity index (χ0n) is 19.5. The summed E-state index contributed by atoms with van der Waals surface area (Å²) in [6.45, 7) is 7.67. The molecule has 2 N–H and O–H groups in total. The quantitative estimate of drug-likeness (QED) is 0.370.